The highest BCUT2D eigenvalue weighted by atomic mass is 32.2. The molecule has 0 saturated carbocycles. The van der Waals surface area contributed by atoms with Crippen molar-refractivity contribution in [2.24, 2.45) is 4.99 Å². The van der Waals surface area contributed by atoms with E-state index in [9.17, 15) is 8.42 Å². The van der Waals surface area contributed by atoms with E-state index in [-0.39, 0.29) is 12.4 Å². The Morgan fingerprint density at radius 1 is 1.19 bits per heavy atom. The molecule has 154 valence electrons. The minimum Gasteiger partial charge on any atom is -0.497 e. The number of ether oxygens (including phenoxy) is 2. The summed E-state index contributed by atoms with van der Waals surface area (Å²) in [4.78, 5) is 4.59. The van der Waals surface area contributed by atoms with Gasteiger partial charge in [-0.25, -0.2) is 8.42 Å². The van der Waals surface area contributed by atoms with Crippen LogP contribution >= 0.6 is 0 Å². The lowest BCUT2D eigenvalue weighted by Crippen LogP contribution is -2.39. The number of sulfone groups is 1. The largest absolute Gasteiger partial charge is 0.497 e. The summed E-state index contributed by atoms with van der Waals surface area (Å²) in [7, 11) is -1.31. The molecule has 0 aliphatic carbocycles. The highest BCUT2D eigenvalue weighted by Crippen LogP contribution is 2.21. The second-order valence-electron chi connectivity index (χ2n) is 6.39. The van der Waals surface area contributed by atoms with Crippen molar-refractivity contribution in [3.8, 4) is 5.75 Å². The fourth-order valence-electron chi connectivity index (χ4n) is 2.36. The number of methoxy groups -OCH3 is 1. The fraction of sp³-hybridized carbons (Fsp3) is 0.632. The molecule has 27 heavy (non-hydrogen) atoms. The van der Waals surface area contributed by atoms with Crippen molar-refractivity contribution < 1.29 is 17.9 Å². The molecule has 1 unspecified atom stereocenters. The van der Waals surface area contributed by atoms with Gasteiger partial charge in [-0.2, -0.15) is 0 Å². The summed E-state index contributed by atoms with van der Waals surface area (Å²) in [6.45, 7) is 6.90. The molecule has 0 saturated heterocycles. The highest BCUT2D eigenvalue weighted by molar-refractivity contribution is 7.90. The van der Waals surface area contributed by atoms with Gasteiger partial charge in [0.1, 0.15) is 15.6 Å². The number of nitrogens with zero attached hydrogens (tertiary/aromatic N) is 1. The number of guanidine groups is 1. The Morgan fingerprint density at radius 2 is 1.89 bits per heavy atom. The number of hydrogen-bond acceptors (Lipinski definition) is 5. The second-order valence-corrected chi connectivity index (χ2v) is 8.65. The van der Waals surface area contributed by atoms with Crippen LogP contribution in [0.2, 0.25) is 0 Å². The summed E-state index contributed by atoms with van der Waals surface area (Å²) in [6.07, 6.45) is 2.14. The van der Waals surface area contributed by atoms with E-state index < -0.39 is 9.84 Å². The maximum Gasteiger partial charge on any atom is 0.191 e. The molecule has 0 spiro atoms. The number of aliphatic imine (C=N–C) groups is 1. The van der Waals surface area contributed by atoms with E-state index in [1.807, 2.05) is 19.1 Å². The molecule has 1 aromatic carbocycles. The minimum absolute atomic E-state index is 0.0460. The Morgan fingerprint density at radius 3 is 2.48 bits per heavy atom. The first-order valence-electron chi connectivity index (χ1n) is 9.27. The van der Waals surface area contributed by atoms with Gasteiger partial charge < -0.3 is 20.1 Å². The lowest BCUT2D eigenvalue weighted by atomic mass is 9.98. The summed E-state index contributed by atoms with van der Waals surface area (Å²) >= 11 is 0. The first kappa shape index (κ1) is 23.2. The van der Waals surface area contributed by atoms with Crippen LogP contribution in [-0.4, -0.2) is 66.3 Å². The predicted molar refractivity (Wildman–Crippen MR) is 111 cm³/mol. The smallest absolute Gasteiger partial charge is 0.191 e. The van der Waals surface area contributed by atoms with Crippen molar-refractivity contribution >= 4 is 15.8 Å². The van der Waals surface area contributed by atoms with Crippen molar-refractivity contribution in [3.05, 3.63) is 29.8 Å². The molecule has 0 aliphatic rings. The van der Waals surface area contributed by atoms with Crippen LogP contribution < -0.4 is 15.4 Å². The van der Waals surface area contributed by atoms with E-state index >= 15 is 0 Å². The summed E-state index contributed by atoms with van der Waals surface area (Å²) < 4.78 is 32.6. The molecule has 0 radical (unpaired) electrons. The summed E-state index contributed by atoms with van der Waals surface area (Å²) in [5.74, 6) is 2.05. The van der Waals surface area contributed by atoms with Crippen molar-refractivity contribution in [1.82, 2.24) is 10.6 Å². The van der Waals surface area contributed by atoms with Crippen LogP contribution in [-0.2, 0) is 14.6 Å². The molecule has 1 rings (SSSR count). The Labute approximate surface area is 163 Å². The fourth-order valence-corrected chi connectivity index (χ4v) is 2.79. The van der Waals surface area contributed by atoms with E-state index in [2.05, 4.69) is 34.7 Å². The van der Waals surface area contributed by atoms with E-state index in [1.165, 1.54) is 11.8 Å². The molecule has 0 aliphatic heterocycles. The zero-order valence-corrected chi connectivity index (χ0v) is 17.6. The molecule has 1 atom stereocenters. The van der Waals surface area contributed by atoms with Crippen molar-refractivity contribution in [1.29, 1.82) is 0 Å². The summed E-state index contributed by atoms with van der Waals surface area (Å²) in [5.41, 5.74) is 1.27. The quantitative estimate of drug-likeness (QED) is 0.317. The van der Waals surface area contributed by atoms with Gasteiger partial charge in [-0.1, -0.05) is 19.1 Å². The van der Waals surface area contributed by atoms with Crippen LogP contribution in [0, 0.1) is 0 Å². The zero-order chi connectivity index (χ0) is 20.1. The van der Waals surface area contributed by atoms with Gasteiger partial charge in [0.05, 0.1) is 26.1 Å². The van der Waals surface area contributed by atoms with Gasteiger partial charge in [0.2, 0.25) is 0 Å². The van der Waals surface area contributed by atoms with Gasteiger partial charge in [0, 0.05) is 25.9 Å². The third-order valence-corrected chi connectivity index (χ3v) is 4.91. The molecule has 7 nitrogen and oxygen atoms in total. The Balaban J connectivity index is 2.34. The average molecular weight is 400 g/mol. The lowest BCUT2D eigenvalue weighted by Gasteiger charge is -2.13. The van der Waals surface area contributed by atoms with Crippen molar-refractivity contribution in [2.75, 3.05) is 52.0 Å². The molecule has 0 amide bonds. The van der Waals surface area contributed by atoms with Gasteiger partial charge in [-0.15, -0.1) is 0 Å². The molecule has 0 bridgehead atoms. The minimum atomic E-state index is -2.97. The van der Waals surface area contributed by atoms with E-state index in [0.29, 0.717) is 25.6 Å². The predicted octanol–water partition coefficient (Wildman–Crippen LogP) is 1.81. The number of nitrogens with one attached hydrogen (secondary N) is 2. The van der Waals surface area contributed by atoms with Crippen LogP contribution in [0.15, 0.2) is 29.3 Å². The Hall–Kier alpha value is -1.80. The van der Waals surface area contributed by atoms with Crippen LogP contribution in [0.3, 0.4) is 0 Å². The van der Waals surface area contributed by atoms with Crippen LogP contribution in [0.4, 0.5) is 0 Å². The van der Waals surface area contributed by atoms with Crippen LogP contribution in [0.25, 0.3) is 0 Å². The van der Waals surface area contributed by atoms with Crippen LogP contribution in [0.5, 0.6) is 5.75 Å². The Kier molecular flexibility index (Phi) is 10.8. The van der Waals surface area contributed by atoms with Crippen molar-refractivity contribution in [2.45, 2.75) is 26.2 Å². The number of benzene rings is 1. The van der Waals surface area contributed by atoms with Gasteiger partial charge >= 0.3 is 0 Å². The van der Waals surface area contributed by atoms with Crippen LogP contribution in [0.1, 0.15) is 31.7 Å². The second kappa shape index (κ2) is 12.6. The van der Waals surface area contributed by atoms with Gasteiger partial charge in [-0.3, -0.25) is 4.99 Å². The number of hydrogen-bond donors (Lipinski definition) is 2. The summed E-state index contributed by atoms with van der Waals surface area (Å²) in [6, 6.07) is 8.13. The normalized spacial score (nSPS) is 13.3. The SMILES string of the molecule is CCNC(=NCCC(C)c1ccc(OC)cc1)NCCOCCS(C)(=O)=O. The van der Waals surface area contributed by atoms with Gasteiger partial charge in [0.25, 0.3) is 0 Å². The third kappa shape index (κ3) is 10.8. The molecule has 1 aromatic rings. The zero-order valence-electron chi connectivity index (χ0n) is 16.8. The standard InChI is InChI=1S/C19H33N3O4S/c1-5-20-19(22-12-13-26-14-15-27(4,23)24)21-11-10-16(2)17-6-8-18(25-3)9-7-17/h6-9,16H,5,10-15H2,1-4H3,(H2,20,21,22). The lowest BCUT2D eigenvalue weighted by molar-refractivity contribution is 0.154. The molecule has 0 aromatic heterocycles. The maximum atomic E-state index is 11.0. The molecule has 8 heteroatoms. The first-order valence-corrected chi connectivity index (χ1v) is 11.3. The third-order valence-electron chi connectivity index (χ3n) is 4.00. The molecular formula is C19H33N3O4S. The highest BCUT2D eigenvalue weighted by Gasteiger charge is 2.06. The van der Waals surface area contributed by atoms with E-state index in [4.69, 9.17) is 9.47 Å². The van der Waals surface area contributed by atoms with E-state index in [1.54, 1.807) is 7.11 Å². The monoisotopic (exact) mass is 399 g/mol. The summed E-state index contributed by atoms with van der Waals surface area (Å²) in [5, 5.41) is 6.39. The Bertz CT molecular complexity index is 660. The van der Waals surface area contributed by atoms with Gasteiger partial charge in [0.15, 0.2) is 5.96 Å². The number of rotatable bonds is 12. The van der Waals surface area contributed by atoms with Gasteiger partial charge in [-0.05, 0) is 37.0 Å². The molecule has 0 heterocycles. The topological polar surface area (TPSA) is 89.0 Å². The molecular weight excluding hydrogens is 366 g/mol. The molecule has 0 fully saturated rings. The first-order chi connectivity index (χ1) is 12.9. The maximum absolute atomic E-state index is 11.0. The average Bonchev–Trinajstić information content (AvgIpc) is 2.63. The molecule has 2 N–H and O–H groups in total. The van der Waals surface area contributed by atoms with Crippen molar-refractivity contribution in [3.63, 3.8) is 0 Å². The van der Waals surface area contributed by atoms with E-state index in [0.717, 1.165) is 24.7 Å².